The SMILES string of the molecule is CCCN(CC(C)(C)CN)c1nccn(C)c1=O. The number of anilines is 1. The Morgan fingerprint density at radius 2 is 2.17 bits per heavy atom. The molecule has 1 heterocycles. The Morgan fingerprint density at radius 3 is 2.72 bits per heavy atom. The topological polar surface area (TPSA) is 64.2 Å². The van der Waals surface area contributed by atoms with Crippen molar-refractivity contribution in [3.63, 3.8) is 0 Å². The van der Waals surface area contributed by atoms with Gasteiger partial charge in [0.05, 0.1) is 0 Å². The van der Waals surface area contributed by atoms with Crippen LogP contribution in [0.5, 0.6) is 0 Å². The maximum Gasteiger partial charge on any atom is 0.293 e. The van der Waals surface area contributed by atoms with E-state index in [4.69, 9.17) is 5.73 Å². The molecule has 0 saturated carbocycles. The highest BCUT2D eigenvalue weighted by molar-refractivity contribution is 5.35. The van der Waals surface area contributed by atoms with Crippen molar-refractivity contribution in [1.82, 2.24) is 9.55 Å². The Labute approximate surface area is 109 Å². The van der Waals surface area contributed by atoms with Gasteiger partial charge in [-0.15, -0.1) is 0 Å². The van der Waals surface area contributed by atoms with E-state index in [0.717, 1.165) is 19.5 Å². The van der Waals surface area contributed by atoms with Gasteiger partial charge >= 0.3 is 0 Å². The molecular formula is C13H24N4O. The summed E-state index contributed by atoms with van der Waals surface area (Å²) in [5.74, 6) is 0.517. The maximum absolute atomic E-state index is 12.1. The van der Waals surface area contributed by atoms with Gasteiger partial charge in [-0.2, -0.15) is 0 Å². The average Bonchev–Trinajstić information content (AvgIpc) is 2.32. The van der Waals surface area contributed by atoms with Crippen LogP contribution in [0.3, 0.4) is 0 Å². The zero-order valence-corrected chi connectivity index (χ0v) is 11.8. The van der Waals surface area contributed by atoms with Crippen LogP contribution >= 0.6 is 0 Å². The molecule has 0 fully saturated rings. The lowest BCUT2D eigenvalue weighted by molar-refractivity contribution is 0.376. The fraction of sp³-hybridized carbons (Fsp3) is 0.692. The molecule has 0 aromatic carbocycles. The second-order valence-electron chi connectivity index (χ2n) is 5.46. The van der Waals surface area contributed by atoms with E-state index >= 15 is 0 Å². The molecule has 1 rings (SSSR count). The average molecular weight is 252 g/mol. The standard InChI is InChI=1S/C13H24N4O/c1-5-7-17(10-13(2,3)9-14)11-12(18)16(4)8-6-15-11/h6,8H,5,7,9-10,14H2,1-4H3. The summed E-state index contributed by atoms with van der Waals surface area (Å²) >= 11 is 0. The molecule has 0 aliphatic carbocycles. The van der Waals surface area contributed by atoms with Gasteiger partial charge in [-0.05, 0) is 18.4 Å². The van der Waals surface area contributed by atoms with Crippen LogP contribution in [0.1, 0.15) is 27.2 Å². The second-order valence-corrected chi connectivity index (χ2v) is 5.46. The summed E-state index contributed by atoms with van der Waals surface area (Å²) in [6.45, 7) is 8.43. The van der Waals surface area contributed by atoms with Crippen molar-refractivity contribution in [2.75, 3.05) is 24.5 Å². The van der Waals surface area contributed by atoms with E-state index in [1.807, 2.05) is 4.90 Å². The molecule has 0 saturated heterocycles. The normalized spacial score (nSPS) is 11.6. The van der Waals surface area contributed by atoms with Crippen LogP contribution in [0.2, 0.25) is 0 Å². The first kappa shape index (κ1) is 14.7. The predicted octanol–water partition coefficient (Wildman–Crippen LogP) is 0.982. The number of aryl methyl sites for hydroxylation is 1. The summed E-state index contributed by atoms with van der Waals surface area (Å²) in [5.41, 5.74) is 5.68. The van der Waals surface area contributed by atoms with Crippen molar-refractivity contribution < 1.29 is 0 Å². The summed E-state index contributed by atoms with van der Waals surface area (Å²) in [4.78, 5) is 18.4. The summed E-state index contributed by atoms with van der Waals surface area (Å²) in [6, 6.07) is 0. The summed E-state index contributed by atoms with van der Waals surface area (Å²) < 4.78 is 1.56. The molecule has 0 radical (unpaired) electrons. The molecule has 0 bridgehead atoms. The van der Waals surface area contributed by atoms with E-state index < -0.39 is 0 Å². The van der Waals surface area contributed by atoms with Gasteiger partial charge < -0.3 is 15.2 Å². The quantitative estimate of drug-likeness (QED) is 0.820. The van der Waals surface area contributed by atoms with E-state index in [0.29, 0.717) is 12.4 Å². The van der Waals surface area contributed by atoms with Crippen LogP contribution in [-0.2, 0) is 7.05 Å². The van der Waals surface area contributed by atoms with E-state index in [9.17, 15) is 4.79 Å². The third-order valence-electron chi connectivity index (χ3n) is 2.96. The highest BCUT2D eigenvalue weighted by Gasteiger charge is 2.22. The molecule has 1 aromatic heterocycles. The van der Waals surface area contributed by atoms with Crippen LogP contribution in [0.4, 0.5) is 5.82 Å². The van der Waals surface area contributed by atoms with Crippen molar-refractivity contribution in [1.29, 1.82) is 0 Å². The zero-order chi connectivity index (χ0) is 13.8. The highest BCUT2D eigenvalue weighted by Crippen LogP contribution is 2.17. The fourth-order valence-corrected chi connectivity index (χ4v) is 1.81. The van der Waals surface area contributed by atoms with Gasteiger partial charge in [0.15, 0.2) is 5.82 Å². The minimum absolute atomic E-state index is 0.0301. The predicted molar refractivity (Wildman–Crippen MR) is 74.8 cm³/mol. The minimum atomic E-state index is -0.0567. The van der Waals surface area contributed by atoms with Crippen LogP contribution < -0.4 is 16.2 Å². The Kier molecular flexibility index (Phi) is 4.90. The molecule has 0 aliphatic heterocycles. The molecule has 0 aliphatic rings. The van der Waals surface area contributed by atoms with Crippen molar-refractivity contribution in [3.8, 4) is 0 Å². The van der Waals surface area contributed by atoms with Gasteiger partial charge in [0, 0.05) is 32.5 Å². The summed E-state index contributed by atoms with van der Waals surface area (Å²) in [5, 5.41) is 0. The van der Waals surface area contributed by atoms with E-state index in [1.165, 1.54) is 0 Å². The first-order valence-corrected chi connectivity index (χ1v) is 6.38. The van der Waals surface area contributed by atoms with Gasteiger partial charge in [0.1, 0.15) is 0 Å². The van der Waals surface area contributed by atoms with Crippen molar-refractivity contribution in [3.05, 3.63) is 22.7 Å². The lowest BCUT2D eigenvalue weighted by Gasteiger charge is -2.32. The molecular weight excluding hydrogens is 228 g/mol. The monoisotopic (exact) mass is 252 g/mol. The molecule has 2 N–H and O–H groups in total. The molecule has 5 nitrogen and oxygen atoms in total. The number of rotatable bonds is 6. The van der Waals surface area contributed by atoms with Crippen molar-refractivity contribution >= 4 is 5.82 Å². The van der Waals surface area contributed by atoms with E-state index in [-0.39, 0.29) is 11.0 Å². The number of hydrogen-bond acceptors (Lipinski definition) is 4. The molecule has 102 valence electrons. The molecule has 0 atom stereocenters. The third kappa shape index (κ3) is 3.57. The van der Waals surface area contributed by atoms with Gasteiger partial charge in [-0.25, -0.2) is 4.98 Å². The van der Waals surface area contributed by atoms with E-state index in [2.05, 4.69) is 25.8 Å². The Hall–Kier alpha value is -1.36. The molecule has 0 amide bonds. The maximum atomic E-state index is 12.1. The summed E-state index contributed by atoms with van der Waals surface area (Å²) in [7, 11) is 1.74. The zero-order valence-electron chi connectivity index (χ0n) is 11.8. The van der Waals surface area contributed by atoms with Crippen LogP contribution in [-0.4, -0.2) is 29.2 Å². The number of nitrogens with two attached hydrogens (primary N) is 1. The lowest BCUT2D eigenvalue weighted by Crippen LogP contribution is -2.42. The van der Waals surface area contributed by atoms with Crippen molar-refractivity contribution in [2.45, 2.75) is 27.2 Å². The van der Waals surface area contributed by atoms with Crippen molar-refractivity contribution in [2.24, 2.45) is 18.2 Å². The second kappa shape index (κ2) is 6.00. The van der Waals surface area contributed by atoms with Gasteiger partial charge in [0.25, 0.3) is 5.56 Å². The molecule has 5 heteroatoms. The highest BCUT2D eigenvalue weighted by atomic mass is 16.1. The largest absolute Gasteiger partial charge is 0.351 e. The van der Waals surface area contributed by atoms with Gasteiger partial charge in [-0.3, -0.25) is 4.79 Å². The first-order chi connectivity index (χ1) is 8.41. The third-order valence-corrected chi connectivity index (χ3v) is 2.96. The van der Waals surface area contributed by atoms with Gasteiger partial charge in [0.2, 0.25) is 0 Å². The van der Waals surface area contributed by atoms with Crippen LogP contribution in [0.25, 0.3) is 0 Å². The smallest absolute Gasteiger partial charge is 0.293 e. The Morgan fingerprint density at radius 1 is 1.50 bits per heavy atom. The van der Waals surface area contributed by atoms with E-state index in [1.54, 1.807) is 24.0 Å². The fourth-order valence-electron chi connectivity index (χ4n) is 1.81. The molecule has 0 unspecified atom stereocenters. The first-order valence-electron chi connectivity index (χ1n) is 6.38. The Balaban J connectivity index is 3.05. The number of nitrogens with zero attached hydrogens (tertiary/aromatic N) is 3. The molecule has 18 heavy (non-hydrogen) atoms. The van der Waals surface area contributed by atoms with Crippen LogP contribution in [0, 0.1) is 5.41 Å². The molecule has 0 spiro atoms. The number of aromatic nitrogens is 2. The molecule has 1 aromatic rings. The van der Waals surface area contributed by atoms with Crippen LogP contribution in [0.15, 0.2) is 17.2 Å². The number of hydrogen-bond donors (Lipinski definition) is 1. The van der Waals surface area contributed by atoms with Gasteiger partial charge in [-0.1, -0.05) is 20.8 Å². The summed E-state index contributed by atoms with van der Waals surface area (Å²) in [6.07, 6.45) is 4.30. The minimum Gasteiger partial charge on any atom is -0.351 e. The Bertz CT molecular complexity index is 439. The lowest BCUT2D eigenvalue weighted by atomic mass is 9.93.